The summed E-state index contributed by atoms with van der Waals surface area (Å²) in [5, 5.41) is 5.24. The molecular weight excluding hydrogens is 288 g/mol. The van der Waals surface area contributed by atoms with Crippen molar-refractivity contribution in [2.75, 3.05) is 33.7 Å². The molecule has 0 saturated carbocycles. The van der Waals surface area contributed by atoms with E-state index in [1.54, 1.807) is 38.3 Å². The smallest absolute Gasteiger partial charge is 0.338 e. The predicted molar refractivity (Wildman–Crippen MR) is 80.5 cm³/mol. The number of methoxy groups -OCH3 is 1. The molecule has 0 atom stereocenters. The fourth-order valence-electron chi connectivity index (χ4n) is 1.55. The van der Waals surface area contributed by atoms with E-state index in [1.807, 2.05) is 0 Å². The number of benzene rings is 1. The first-order valence-corrected chi connectivity index (χ1v) is 7.01. The minimum atomic E-state index is -0.354. The zero-order valence-corrected chi connectivity index (χ0v) is 12.9. The highest BCUT2D eigenvalue weighted by atomic mass is 16.5. The van der Waals surface area contributed by atoms with Gasteiger partial charge in [0, 0.05) is 13.7 Å². The predicted octanol–water partition coefficient (Wildman–Crippen LogP) is 1.28. The maximum absolute atomic E-state index is 11.5. The summed E-state index contributed by atoms with van der Waals surface area (Å²) in [5.41, 5.74) is 1.37. The number of ether oxygens (including phenoxy) is 3. The van der Waals surface area contributed by atoms with Gasteiger partial charge in [0.25, 0.3) is 0 Å². The fraction of sp³-hybridized carbons (Fsp3) is 0.467. The van der Waals surface area contributed by atoms with E-state index in [0.29, 0.717) is 31.9 Å². The van der Waals surface area contributed by atoms with E-state index < -0.39 is 0 Å². The standard InChI is InChI=1S/C15H22N2O5/c1-3-22-14(18)13-6-4-12(5-7-13)10-16-15(19)17-11-21-9-8-20-2/h4-7H,3,8-11H2,1-2H3,(H2,16,17,19). The van der Waals surface area contributed by atoms with E-state index in [9.17, 15) is 9.59 Å². The van der Waals surface area contributed by atoms with Gasteiger partial charge in [-0.3, -0.25) is 0 Å². The topological polar surface area (TPSA) is 85.9 Å². The third-order valence-corrected chi connectivity index (χ3v) is 2.68. The van der Waals surface area contributed by atoms with E-state index in [0.717, 1.165) is 5.56 Å². The molecule has 2 N–H and O–H groups in total. The zero-order valence-electron chi connectivity index (χ0n) is 12.9. The Kier molecular flexibility index (Phi) is 8.63. The lowest BCUT2D eigenvalue weighted by atomic mass is 10.1. The van der Waals surface area contributed by atoms with Gasteiger partial charge in [0.1, 0.15) is 6.73 Å². The Morgan fingerprint density at radius 3 is 2.45 bits per heavy atom. The van der Waals surface area contributed by atoms with Crippen LogP contribution in [0.3, 0.4) is 0 Å². The Morgan fingerprint density at radius 1 is 1.09 bits per heavy atom. The number of rotatable bonds is 9. The Hall–Kier alpha value is -2.12. The van der Waals surface area contributed by atoms with Gasteiger partial charge in [0.05, 0.1) is 25.4 Å². The monoisotopic (exact) mass is 310 g/mol. The van der Waals surface area contributed by atoms with Crippen LogP contribution in [-0.4, -0.2) is 45.7 Å². The molecule has 2 amide bonds. The molecule has 0 spiro atoms. The SMILES string of the molecule is CCOC(=O)c1ccc(CNC(=O)NCOCCOC)cc1. The number of carbonyl (C=O) groups excluding carboxylic acids is 2. The number of hydrogen-bond donors (Lipinski definition) is 2. The molecule has 22 heavy (non-hydrogen) atoms. The zero-order chi connectivity index (χ0) is 16.2. The van der Waals surface area contributed by atoms with Crippen molar-refractivity contribution < 1.29 is 23.8 Å². The lowest BCUT2D eigenvalue weighted by molar-refractivity contribution is 0.0526. The van der Waals surface area contributed by atoms with Gasteiger partial charge >= 0.3 is 12.0 Å². The van der Waals surface area contributed by atoms with Crippen LogP contribution in [0.2, 0.25) is 0 Å². The molecule has 122 valence electrons. The first kappa shape index (κ1) is 17.9. The summed E-state index contributed by atoms with van der Waals surface area (Å²) in [7, 11) is 1.58. The van der Waals surface area contributed by atoms with Crippen LogP contribution in [0, 0.1) is 0 Å². The molecule has 7 nitrogen and oxygen atoms in total. The van der Waals surface area contributed by atoms with Crippen LogP contribution in [0.15, 0.2) is 24.3 Å². The van der Waals surface area contributed by atoms with Crippen molar-refractivity contribution in [3.8, 4) is 0 Å². The fourth-order valence-corrected chi connectivity index (χ4v) is 1.55. The molecule has 1 aromatic carbocycles. The largest absolute Gasteiger partial charge is 0.462 e. The molecule has 0 bridgehead atoms. The van der Waals surface area contributed by atoms with Crippen molar-refractivity contribution in [3.63, 3.8) is 0 Å². The Balaban J connectivity index is 2.26. The van der Waals surface area contributed by atoms with Gasteiger partial charge in [0.15, 0.2) is 0 Å². The first-order valence-electron chi connectivity index (χ1n) is 7.01. The second kappa shape index (κ2) is 10.6. The van der Waals surface area contributed by atoms with E-state index in [1.165, 1.54) is 0 Å². The van der Waals surface area contributed by atoms with Crippen LogP contribution < -0.4 is 10.6 Å². The number of amides is 2. The Labute approximate surface area is 129 Å². The van der Waals surface area contributed by atoms with Crippen molar-refractivity contribution in [2.24, 2.45) is 0 Å². The molecule has 0 aromatic heterocycles. The molecular formula is C15H22N2O5. The van der Waals surface area contributed by atoms with Gasteiger partial charge in [0.2, 0.25) is 0 Å². The molecule has 7 heteroatoms. The van der Waals surface area contributed by atoms with Crippen LogP contribution in [0.4, 0.5) is 4.79 Å². The van der Waals surface area contributed by atoms with E-state index >= 15 is 0 Å². The third kappa shape index (κ3) is 7.05. The number of hydrogen-bond acceptors (Lipinski definition) is 5. The van der Waals surface area contributed by atoms with E-state index in [-0.39, 0.29) is 18.7 Å². The highest BCUT2D eigenvalue weighted by Crippen LogP contribution is 2.05. The molecule has 0 saturated heterocycles. The average molecular weight is 310 g/mol. The van der Waals surface area contributed by atoms with Crippen molar-refractivity contribution in [1.29, 1.82) is 0 Å². The van der Waals surface area contributed by atoms with Crippen LogP contribution in [0.1, 0.15) is 22.8 Å². The molecule has 0 aliphatic heterocycles. The molecule has 0 fully saturated rings. The van der Waals surface area contributed by atoms with Crippen molar-refractivity contribution in [2.45, 2.75) is 13.5 Å². The van der Waals surface area contributed by atoms with Gasteiger partial charge in [-0.05, 0) is 24.6 Å². The molecule has 1 aromatic rings. The summed E-state index contributed by atoms with van der Waals surface area (Å²) in [6, 6.07) is 6.54. The molecule has 0 heterocycles. The van der Waals surface area contributed by atoms with Crippen LogP contribution in [-0.2, 0) is 20.8 Å². The second-order valence-electron chi connectivity index (χ2n) is 4.32. The average Bonchev–Trinajstić information content (AvgIpc) is 2.53. The highest BCUT2D eigenvalue weighted by Gasteiger charge is 2.06. The van der Waals surface area contributed by atoms with Crippen molar-refractivity contribution in [3.05, 3.63) is 35.4 Å². The summed E-state index contributed by atoms with van der Waals surface area (Å²) in [4.78, 5) is 23.0. The summed E-state index contributed by atoms with van der Waals surface area (Å²) < 4.78 is 14.8. The van der Waals surface area contributed by atoms with E-state index in [2.05, 4.69) is 10.6 Å². The molecule has 0 aliphatic carbocycles. The van der Waals surface area contributed by atoms with Gasteiger partial charge in [-0.25, -0.2) is 9.59 Å². The number of urea groups is 1. The normalized spacial score (nSPS) is 10.1. The summed E-state index contributed by atoms with van der Waals surface area (Å²) in [6.45, 7) is 3.48. The Bertz CT molecular complexity index is 462. The lowest BCUT2D eigenvalue weighted by Gasteiger charge is -2.08. The van der Waals surface area contributed by atoms with Gasteiger partial charge in [-0.2, -0.15) is 0 Å². The summed E-state index contributed by atoms with van der Waals surface area (Å²) in [6.07, 6.45) is 0. The maximum atomic E-state index is 11.5. The number of carbonyl (C=O) groups is 2. The minimum Gasteiger partial charge on any atom is -0.462 e. The van der Waals surface area contributed by atoms with Crippen LogP contribution in [0.25, 0.3) is 0 Å². The first-order chi connectivity index (χ1) is 10.7. The van der Waals surface area contributed by atoms with Crippen LogP contribution in [0.5, 0.6) is 0 Å². The van der Waals surface area contributed by atoms with Gasteiger partial charge in [-0.15, -0.1) is 0 Å². The van der Waals surface area contributed by atoms with Crippen molar-refractivity contribution >= 4 is 12.0 Å². The quantitative estimate of drug-likeness (QED) is 0.408. The minimum absolute atomic E-state index is 0.122. The van der Waals surface area contributed by atoms with E-state index in [4.69, 9.17) is 14.2 Å². The molecule has 0 aliphatic rings. The van der Waals surface area contributed by atoms with Crippen LogP contribution >= 0.6 is 0 Å². The molecule has 0 radical (unpaired) electrons. The Morgan fingerprint density at radius 2 is 1.82 bits per heavy atom. The number of nitrogens with one attached hydrogen (secondary N) is 2. The summed E-state index contributed by atoms with van der Waals surface area (Å²) in [5.74, 6) is -0.354. The lowest BCUT2D eigenvalue weighted by Crippen LogP contribution is -2.36. The molecule has 1 rings (SSSR count). The third-order valence-electron chi connectivity index (χ3n) is 2.68. The number of esters is 1. The molecule has 0 unspecified atom stereocenters. The van der Waals surface area contributed by atoms with Gasteiger partial charge in [-0.1, -0.05) is 12.1 Å². The van der Waals surface area contributed by atoms with Crippen molar-refractivity contribution in [1.82, 2.24) is 10.6 Å². The second-order valence-corrected chi connectivity index (χ2v) is 4.32. The van der Waals surface area contributed by atoms with Gasteiger partial charge < -0.3 is 24.8 Å². The highest BCUT2D eigenvalue weighted by molar-refractivity contribution is 5.89. The maximum Gasteiger partial charge on any atom is 0.338 e. The summed E-state index contributed by atoms with van der Waals surface area (Å²) >= 11 is 0.